The lowest BCUT2D eigenvalue weighted by Crippen LogP contribution is -2.29. The number of hydrogen-bond acceptors (Lipinski definition) is 2. The number of hydrogen-bond donors (Lipinski definition) is 2. The van der Waals surface area contributed by atoms with Gasteiger partial charge in [0.15, 0.2) is 0 Å². The van der Waals surface area contributed by atoms with Crippen LogP contribution in [0.4, 0.5) is 0 Å². The van der Waals surface area contributed by atoms with E-state index in [0.29, 0.717) is 5.92 Å². The third kappa shape index (κ3) is 2.95. The maximum Gasteiger partial charge on any atom is 0.0490 e. The molecule has 2 atom stereocenters. The molecule has 0 aromatic rings. The van der Waals surface area contributed by atoms with Crippen LogP contribution in [0.2, 0.25) is 0 Å². The molecular formula is C10H20O2. The van der Waals surface area contributed by atoms with Crippen LogP contribution >= 0.6 is 0 Å². The van der Waals surface area contributed by atoms with E-state index in [1.807, 2.05) is 13.0 Å². The van der Waals surface area contributed by atoms with Crippen LogP contribution in [0, 0.1) is 11.3 Å². The van der Waals surface area contributed by atoms with Crippen molar-refractivity contribution in [2.75, 3.05) is 13.2 Å². The van der Waals surface area contributed by atoms with Crippen LogP contribution in [-0.2, 0) is 0 Å². The molecule has 0 radical (unpaired) electrons. The Balaban J connectivity index is 4.17. The van der Waals surface area contributed by atoms with Gasteiger partial charge in [0.1, 0.15) is 0 Å². The Morgan fingerprint density at radius 2 is 2.08 bits per heavy atom. The summed E-state index contributed by atoms with van der Waals surface area (Å²) >= 11 is 0. The zero-order valence-corrected chi connectivity index (χ0v) is 8.08. The highest BCUT2D eigenvalue weighted by atomic mass is 16.3. The van der Waals surface area contributed by atoms with Crippen LogP contribution in [-0.4, -0.2) is 23.4 Å². The Kier molecular flexibility index (Phi) is 5.18. The molecule has 1 unspecified atom stereocenters. The van der Waals surface area contributed by atoms with E-state index >= 15 is 0 Å². The standard InChI is InChI=1S/C10H20O2/c1-4-6-10(3,8-12)9(2)5-7-11/h4,9,11-12H,1,5-8H2,2-3H3/t9?,10-/m0/s1. The third-order valence-corrected chi connectivity index (χ3v) is 2.72. The Morgan fingerprint density at radius 3 is 2.42 bits per heavy atom. The number of rotatable bonds is 6. The highest BCUT2D eigenvalue weighted by Crippen LogP contribution is 2.32. The summed E-state index contributed by atoms with van der Waals surface area (Å²) in [4.78, 5) is 0. The van der Waals surface area contributed by atoms with Gasteiger partial charge in [-0.05, 0) is 24.2 Å². The lowest BCUT2D eigenvalue weighted by molar-refractivity contribution is 0.0738. The van der Waals surface area contributed by atoms with E-state index in [-0.39, 0.29) is 18.6 Å². The average molecular weight is 172 g/mol. The lowest BCUT2D eigenvalue weighted by atomic mass is 9.75. The van der Waals surface area contributed by atoms with Crippen molar-refractivity contribution >= 4 is 0 Å². The van der Waals surface area contributed by atoms with Gasteiger partial charge in [-0.15, -0.1) is 6.58 Å². The Labute approximate surface area is 74.9 Å². The van der Waals surface area contributed by atoms with E-state index < -0.39 is 0 Å². The molecule has 0 saturated heterocycles. The van der Waals surface area contributed by atoms with Crippen molar-refractivity contribution in [1.29, 1.82) is 0 Å². The highest BCUT2D eigenvalue weighted by molar-refractivity contribution is 4.86. The first-order chi connectivity index (χ1) is 5.60. The first-order valence-electron chi connectivity index (χ1n) is 4.43. The molecule has 0 aromatic carbocycles. The predicted molar refractivity (Wildman–Crippen MR) is 50.9 cm³/mol. The summed E-state index contributed by atoms with van der Waals surface area (Å²) in [5.74, 6) is 0.325. The van der Waals surface area contributed by atoms with Gasteiger partial charge in [-0.25, -0.2) is 0 Å². The van der Waals surface area contributed by atoms with Crippen LogP contribution in [0.3, 0.4) is 0 Å². The first kappa shape index (κ1) is 11.7. The molecule has 0 saturated carbocycles. The van der Waals surface area contributed by atoms with Gasteiger partial charge in [-0.2, -0.15) is 0 Å². The van der Waals surface area contributed by atoms with Gasteiger partial charge < -0.3 is 10.2 Å². The maximum atomic E-state index is 9.18. The van der Waals surface area contributed by atoms with E-state index in [0.717, 1.165) is 12.8 Å². The summed E-state index contributed by atoms with van der Waals surface area (Å²) in [6, 6.07) is 0. The maximum absolute atomic E-state index is 9.18. The van der Waals surface area contributed by atoms with Gasteiger partial charge in [0.2, 0.25) is 0 Å². The lowest BCUT2D eigenvalue weighted by Gasteiger charge is -2.32. The topological polar surface area (TPSA) is 40.5 Å². The van der Waals surface area contributed by atoms with Crippen molar-refractivity contribution in [1.82, 2.24) is 0 Å². The van der Waals surface area contributed by atoms with Gasteiger partial charge in [-0.1, -0.05) is 19.9 Å². The van der Waals surface area contributed by atoms with Crippen molar-refractivity contribution < 1.29 is 10.2 Å². The Hall–Kier alpha value is -0.340. The molecule has 12 heavy (non-hydrogen) atoms. The zero-order chi connectivity index (χ0) is 9.61. The van der Waals surface area contributed by atoms with Crippen LogP contribution in [0.25, 0.3) is 0 Å². The third-order valence-electron chi connectivity index (χ3n) is 2.72. The summed E-state index contributed by atoms with van der Waals surface area (Å²) in [6.45, 7) is 8.08. The van der Waals surface area contributed by atoms with Crippen LogP contribution in [0.5, 0.6) is 0 Å². The quantitative estimate of drug-likeness (QED) is 0.597. The number of allylic oxidation sites excluding steroid dienone is 1. The molecule has 2 nitrogen and oxygen atoms in total. The van der Waals surface area contributed by atoms with Crippen molar-refractivity contribution in [2.45, 2.75) is 26.7 Å². The minimum Gasteiger partial charge on any atom is -0.396 e. The second-order valence-corrected chi connectivity index (χ2v) is 3.72. The number of aliphatic hydroxyl groups excluding tert-OH is 2. The van der Waals surface area contributed by atoms with Crippen LogP contribution < -0.4 is 0 Å². The van der Waals surface area contributed by atoms with Crippen molar-refractivity contribution in [3.63, 3.8) is 0 Å². The molecule has 0 fully saturated rings. The monoisotopic (exact) mass is 172 g/mol. The van der Waals surface area contributed by atoms with Gasteiger partial charge in [0.05, 0.1) is 0 Å². The van der Waals surface area contributed by atoms with E-state index in [1.54, 1.807) is 0 Å². The fourth-order valence-corrected chi connectivity index (χ4v) is 1.29. The number of aliphatic hydroxyl groups is 2. The molecule has 0 aliphatic carbocycles. The summed E-state index contributed by atoms with van der Waals surface area (Å²) in [5.41, 5.74) is -0.121. The Bertz CT molecular complexity index is 134. The molecule has 0 aliphatic heterocycles. The molecule has 0 aliphatic rings. The molecule has 2 N–H and O–H groups in total. The smallest absolute Gasteiger partial charge is 0.0490 e. The first-order valence-corrected chi connectivity index (χ1v) is 4.43. The summed E-state index contributed by atoms with van der Waals surface area (Å²) < 4.78 is 0. The molecule has 2 heteroatoms. The molecule has 0 aromatic heterocycles. The van der Waals surface area contributed by atoms with Gasteiger partial charge >= 0.3 is 0 Å². The molecule has 72 valence electrons. The van der Waals surface area contributed by atoms with E-state index in [2.05, 4.69) is 13.5 Å². The van der Waals surface area contributed by atoms with E-state index in [9.17, 15) is 5.11 Å². The van der Waals surface area contributed by atoms with Crippen molar-refractivity contribution in [3.05, 3.63) is 12.7 Å². The van der Waals surface area contributed by atoms with Gasteiger partial charge in [-0.3, -0.25) is 0 Å². The second-order valence-electron chi connectivity index (χ2n) is 3.72. The van der Waals surface area contributed by atoms with Crippen molar-refractivity contribution in [2.24, 2.45) is 11.3 Å². The minimum atomic E-state index is -0.121. The second kappa shape index (κ2) is 5.33. The largest absolute Gasteiger partial charge is 0.396 e. The van der Waals surface area contributed by atoms with E-state index in [4.69, 9.17) is 5.11 Å². The summed E-state index contributed by atoms with van der Waals surface area (Å²) in [5, 5.41) is 17.9. The normalized spacial score (nSPS) is 18.3. The van der Waals surface area contributed by atoms with Crippen molar-refractivity contribution in [3.8, 4) is 0 Å². The van der Waals surface area contributed by atoms with Gasteiger partial charge in [0.25, 0.3) is 0 Å². The van der Waals surface area contributed by atoms with E-state index in [1.165, 1.54) is 0 Å². The fourth-order valence-electron chi connectivity index (χ4n) is 1.29. The van der Waals surface area contributed by atoms with Crippen LogP contribution in [0.15, 0.2) is 12.7 Å². The van der Waals surface area contributed by atoms with Gasteiger partial charge in [0, 0.05) is 13.2 Å². The minimum absolute atomic E-state index is 0.121. The SMILES string of the molecule is C=CC[C@@](C)(CO)C(C)CCO. The molecule has 0 heterocycles. The predicted octanol–water partition coefficient (Wildman–Crippen LogP) is 1.58. The highest BCUT2D eigenvalue weighted by Gasteiger charge is 2.28. The zero-order valence-electron chi connectivity index (χ0n) is 8.08. The molecule has 0 rings (SSSR count). The molecular weight excluding hydrogens is 152 g/mol. The van der Waals surface area contributed by atoms with Crippen LogP contribution in [0.1, 0.15) is 26.7 Å². The molecule has 0 spiro atoms. The Morgan fingerprint density at radius 1 is 1.50 bits per heavy atom. The summed E-state index contributed by atoms with van der Waals surface area (Å²) in [6.07, 6.45) is 3.36. The average Bonchev–Trinajstić information content (AvgIpc) is 2.05. The molecule has 0 amide bonds. The summed E-state index contributed by atoms with van der Waals surface area (Å²) in [7, 11) is 0. The fraction of sp³-hybridized carbons (Fsp3) is 0.800. The molecule has 0 bridgehead atoms.